The predicted octanol–water partition coefficient (Wildman–Crippen LogP) is 2.81. The summed E-state index contributed by atoms with van der Waals surface area (Å²) in [5, 5.41) is 0. The number of ether oxygens (including phenoxy) is 1. The summed E-state index contributed by atoms with van der Waals surface area (Å²) >= 11 is 3.38. The van der Waals surface area contributed by atoms with Crippen LogP contribution in [-0.4, -0.2) is 62.6 Å². The number of Topliss-reactive ketones (excluding diaryl/α,β-unsaturated/α-hetero) is 1. The van der Waals surface area contributed by atoms with Crippen molar-refractivity contribution >= 4 is 37.6 Å². The summed E-state index contributed by atoms with van der Waals surface area (Å²) in [4.78, 5) is 26.0. The van der Waals surface area contributed by atoms with Crippen molar-refractivity contribution in [2.75, 3.05) is 33.3 Å². The molecule has 7 nitrogen and oxygen atoms in total. The lowest BCUT2D eigenvalue weighted by atomic mass is 10.1. The molecule has 1 fully saturated rings. The predicted molar refractivity (Wildman–Crippen MR) is 112 cm³/mol. The molecule has 29 heavy (non-hydrogen) atoms. The van der Waals surface area contributed by atoms with Gasteiger partial charge in [-0.05, 0) is 53.2 Å². The standard InChI is InChI=1S/C20H21BrN2O5S/c1-14(24)15-3-6-17(7-4-15)29(26,27)23-11-9-22(10-12-23)20(25)18-13-16(28-2)5-8-19(18)21/h3-8,13H,9-12H2,1-2H3. The second-order valence-electron chi connectivity index (χ2n) is 6.62. The van der Waals surface area contributed by atoms with E-state index in [9.17, 15) is 18.0 Å². The van der Waals surface area contributed by atoms with E-state index < -0.39 is 10.0 Å². The van der Waals surface area contributed by atoms with Crippen LogP contribution in [0.3, 0.4) is 0 Å². The van der Waals surface area contributed by atoms with Gasteiger partial charge in [0.05, 0.1) is 17.6 Å². The number of piperazine rings is 1. The van der Waals surface area contributed by atoms with E-state index in [1.807, 2.05) is 0 Å². The number of carbonyl (C=O) groups excluding carboxylic acids is 2. The molecule has 1 amide bonds. The fourth-order valence-electron chi connectivity index (χ4n) is 3.11. The number of halogens is 1. The van der Waals surface area contributed by atoms with Crippen LogP contribution in [0.1, 0.15) is 27.6 Å². The Hall–Kier alpha value is -2.23. The molecule has 9 heteroatoms. The zero-order chi connectivity index (χ0) is 21.2. The third-order valence-corrected chi connectivity index (χ3v) is 7.43. The molecule has 3 rings (SSSR count). The maximum atomic E-state index is 12.9. The van der Waals surface area contributed by atoms with Crippen molar-refractivity contribution < 1.29 is 22.7 Å². The number of rotatable bonds is 5. The van der Waals surface area contributed by atoms with Crippen LogP contribution < -0.4 is 4.74 Å². The largest absolute Gasteiger partial charge is 0.497 e. The molecule has 0 atom stereocenters. The normalized spacial score (nSPS) is 15.2. The average Bonchev–Trinajstić information content (AvgIpc) is 2.73. The average molecular weight is 481 g/mol. The van der Waals surface area contributed by atoms with Gasteiger partial charge >= 0.3 is 0 Å². The third-order valence-electron chi connectivity index (χ3n) is 4.83. The summed E-state index contributed by atoms with van der Waals surface area (Å²) in [7, 11) is -2.15. The summed E-state index contributed by atoms with van der Waals surface area (Å²) in [5.74, 6) is 0.273. The van der Waals surface area contributed by atoms with Gasteiger partial charge in [0.25, 0.3) is 5.91 Å². The van der Waals surface area contributed by atoms with Crippen molar-refractivity contribution in [3.05, 3.63) is 58.1 Å². The highest BCUT2D eigenvalue weighted by atomic mass is 79.9. The number of amides is 1. The molecule has 1 heterocycles. The lowest BCUT2D eigenvalue weighted by molar-refractivity contribution is 0.0696. The molecule has 0 saturated carbocycles. The quantitative estimate of drug-likeness (QED) is 0.614. The van der Waals surface area contributed by atoms with E-state index >= 15 is 0 Å². The van der Waals surface area contributed by atoms with Gasteiger partial charge in [0.15, 0.2) is 5.78 Å². The minimum Gasteiger partial charge on any atom is -0.497 e. The van der Waals surface area contributed by atoms with Crippen LogP contribution >= 0.6 is 15.9 Å². The molecule has 0 spiro atoms. The fraction of sp³-hybridized carbons (Fsp3) is 0.300. The number of carbonyl (C=O) groups is 2. The number of methoxy groups -OCH3 is 1. The van der Waals surface area contributed by atoms with Crippen LogP contribution in [0.5, 0.6) is 5.75 Å². The molecule has 0 N–H and O–H groups in total. The highest BCUT2D eigenvalue weighted by Gasteiger charge is 2.31. The van der Waals surface area contributed by atoms with E-state index in [-0.39, 0.29) is 42.8 Å². The summed E-state index contributed by atoms with van der Waals surface area (Å²) in [5.41, 5.74) is 0.934. The zero-order valence-electron chi connectivity index (χ0n) is 16.1. The third kappa shape index (κ3) is 4.52. The van der Waals surface area contributed by atoms with E-state index in [4.69, 9.17) is 4.74 Å². The molecule has 1 aliphatic rings. The molecule has 0 aromatic heterocycles. The minimum atomic E-state index is -3.68. The number of hydrogen-bond donors (Lipinski definition) is 0. The molecular weight excluding hydrogens is 460 g/mol. The fourth-order valence-corrected chi connectivity index (χ4v) is 4.95. The van der Waals surface area contributed by atoms with Gasteiger partial charge in [0, 0.05) is 36.2 Å². The van der Waals surface area contributed by atoms with Crippen molar-refractivity contribution in [2.45, 2.75) is 11.8 Å². The van der Waals surface area contributed by atoms with Gasteiger partial charge in [-0.3, -0.25) is 9.59 Å². The van der Waals surface area contributed by atoms with Crippen LogP contribution in [0.25, 0.3) is 0 Å². The van der Waals surface area contributed by atoms with E-state index in [2.05, 4.69) is 15.9 Å². The van der Waals surface area contributed by atoms with Gasteiger partial charge in [0.2, 0.25) is 10.0 Å². The first-order chi connectivity index (χ1) is 13.7. The van der Waals surface area contributed by atoms with E-state index in [0.29, 0.717) is 21.3 Å². The smallest absolute Gasteiger partial charge is 0.255 e. The Balaban J connectivity index is 1.71. The first kappa shape index (κ1) is 21.5. The lowest BCUT2D eigenvalue weighted by Crippen LogP contribution is -2.50. The monoisotopic (exact) mass is 480 g/mol. The molecule has 2 aromatic rings. The number of hydrogen-bond acceptors (Lipinski definition) is 5. The van der Waals surface area contributed by atoms with Crippen molar-refractivity contribution in [3.8, 4) is 5.75 Å². The molecular formula is C20H21BrN2O5S. The van der Waals surface area contributed by atoms with Crippen LogP contribution in [-0.2, 0) is 10.0 Å². The maximum absolute atomic E-state index is 12.9. The number of sulfonamides is 1. The van der Waals surface area contributed by atoms with Crippen LogP contribution in [0.2, 0.25) is 0 Å². The Kier molecular flexibility index (Phi) is 6.40. The number of benzene rings is 2. The maximum Gasteiger partial charge on any atom is 0.255 e. The second kappa shape index (κ2) is 8.64. The Morgan fingerprint density at radius 3 is 2.17 bits per heavy atom. The van der Waals surface area contributed by atoms with Crippen molar-refractivity contribution in [1.82, 2.24) is 9.21 Å². The topological polar surface area (TPSA) is 84.0 Å². The summed E-state index contributed by atoms with van der Waals surface area (Å²) in [6.45, 7) is 2.40. The van der Waals surface area contributed by atoms with Crippen LogP contribution in [0.15, 0.2) is 51.8 Å². The number of nitrogens with zero attached hydrogens (tertiary/aromatic N) is 2. The highest BCUT2D eigenvalue weighted by molar-refractivity contribution is 9.10. The van der Waals surface area contributed by atoms with Gasteiger partial charge in [-0.2, -0.15) is 4.31 Å². The molecule has 0 aliphatic carbocycles. The van der Waals surface area contributed by atoms with Crippen molar-refractivity contribution in [1.29, 1.82) is 0 Å². The molecule has 0 bridgehead atoms. The Bertz CT molecular complexity index is 1030. The molecule has 154 valence electrons. The molecule has 1 saturated heterocycles. The summed E-state index contributed by atoms with van der Waals surface area (Å²) in [6.07, 6.45) is 0. The summed E-state index contributed by atoms with van der Waals surface area (Å²) in [6, 6.07) is 11.1. The SMILES string of the molecule is COc1ccc(Br)c(C(=O)N2CCN(S(=O)(=O)c3ccc(C(C)=O)cc3)CC2)c1. The first-order valence-electron chi connectivity index (χ1n) is 8.98. The molecule has 1 aliphatic heterocycles. The van der Waals surface area contributed by atoms with Crippen LogP contribution in [0.4, 0.5) is 0 Å². The van der Waals surface area contributed by atoms with Gasteiger partial charge in [-0.25, -0.2) is 8.42 Å². The van der Waals surface area contributed by atoms with Gasteiger partial charge in [-0.1, -0.05) is 12.1 Å². The van der Waals surface area contributed by atoms with E-state index in [1.165, 1.54) is 42.6 Å². The van der Waals surface area contributed by atoms with Gasteiger partial charge in [-0.15, -0.1) is 0 Å². The Labute approximate surface area is 178 Å². The molecule has 0 radical (unpaired) electrons. The molecule has 2 aromatic carbocycles. The minimum absolute atomic E-state index is 0.121. The first-order valence-corrected chi connectivity index (χ1v) is 11.2. The Morgan fingerprint density at radius 1 is 1.00 bits per heavy atom. The summed E-state index contributed by atoms with van der Waals surface area (Å²) < 4.78 is 32.9. The lowest BCUT2D eigenvalue weighted by Gasteiger charge is -2.34. The van der Waals surface area contributed by atoms with Crippen molar-refractivity contribution in [2.24, 2.45) is 0 Å². The highest BCUT2D eigenvalue weighted by Crippen LogP contribution is 2.25. The van der Waals surface area contributed by atoms with Gasteiger partial charge in [0.1, 0.15) is 5.75 Å². The molecule has 0 unspecified atom stereocenters. The van der Waals surface area contributed by atoms with E-state index in [0.717, 1.165) is 0 Å². The van der Waals surface area contributed by atoms with Gasteiger partial charge < -0.3 is 9.64 Å². The zero-order valence-corrected chi connectivity index (χ0v) is 18.5. The Morgan fingerprint density at radius 2 is 1.62 bits per heavy atom. The van der Waals surface area contributed by atoms with Crippen LogP contribution in [0, 0.1) is 0 Å². The number of ketones is 1. The van der Waals surface area contributed by atoms with Crippen molar-refractivity contribution in [3.63, 3.8) is 0 Å². The van der Waals surface area contributed by atoms with E-state index in [1.54, 1.807) is 23.1 Å². The second-order valence-corrected chi connectivity index (χ2v) is 9.41.